The SMILES string of the molecule is Cc1ccc([Si](C)(c2ccccc2)c2ccc(C)c(-c3cccc4c3Oc3ccccc3C4(C)C)c2)cc1-c1cccc2c1Oc1ccccc1C2(C)C. The largest absolute Gasteiger partial charge is 0.456 e. The zero-order valence-corrected chi connectivity index (χ0v) is 33.3. The smallest absolute Gasteiger partial charge is 0.145 e. The van der Waals surface area contributed by atoms with E-state index in [1.165, 1.54) is 60.1 Å². The van der Waals surface area contributed by atoms with Crippen molar-refractivity contribution in [2.24, 2.45) is 0 Å². The van der Waals surface area contributed by atoms with E-state index in [1.807, 2.05) is 0 Å². The molecule has 0 aromatic heterocycles. The van der Waals surface area contributed by atoms with Crippen LogP contribution in [0.25, 0.3) is 22.3 Å². The number of hydrogen-bond acceptors (Lipinski definition) is 2. The van der Waals surface area contributed by atoms with Crippen LogP contribution in [0.3, 0.4) is 0 Å². The lowest BCUT2D eigenvalue weighted by Crippen LogP contribution is -2.64. The fourth-order valence-corrected chi connectivity index (χ4v) is 12.6. The van der Waals surface area contributed by atoms with Gasteiger partial charge in [-0.3, -0.25) is 0 Å². The first kappa shape index (κ1) is 34.1. The van der Waals surface area contributed by atoms with Crippen molar-refractivity contribution >= 4 is 23.6 Å². The number of ether oxygens (including phenoxy) is 2. The van der Waals surface area contributed by atoms with E-state index in [9.17, 15) is 0 Å². The molecule has 0 amide bonds. The summed E-state index contributed by atoms with van der Waals surface area (Å²) < 4.78 is 13.6. The Hall–Kier alpha value is -5.64. The summed E-state index contributed by atoms with van der Waals surface area (Å²) >= 11 is 0. The van der Waals surface area contributed by atoms with E-state index < -0.39 is 8.07 Å². The van der Waals surface area contributed by atoms with Crippen molar-refractivity contribution in [2.45, 2.75) is 58.9 Å². The Kier molecular flexibility index (Phi) is 7.88. The number of para-hydroxylation sites is 4. The van der Waals surface area contributed by atoms with E-state index in [0.29, 0.717) is 0 Å². The maximum atomic E-state index is 6.81. The molecule has 7 aromatic carbocycles. The standard InChI is InChI=1S/C51H46O2Si/c1-33-27-29-36(31-40(33)38-19-15-23-44-48(38)52-46-25-13-11-21-42(46)50(44,3)4)54(7,35-17-9-8-10-18-35)37-30-28-34(2)41(32-37)39-20-16-24-45-49(39)53-47-26-14-12-22-43(47)51(45,5)6/h8-32H,1-7H3. The van der Waals surface area contributed by atoms with Gasteiger partial charge in [0.2, 0.25) is 0 Å². The summed E-state index contributed by atoms with van der Waals surface area (Å²) in [6.45, 7) is 16.2. The van der Waals surface area contributed by atoms with E-state index >= 15 is 0 Å². The van der Waals surface area contributed by atoms with Gasteiger partial charge in [0.05, 0.1) is 0 Å². The summed E-state index contributed by atoms with van der Waals surface area (Å²) in [7, 11) is -2.58. The minimum Gasteiger partial charge on any atom is -0.456 e. The quantitative estimate of drug-likeness (QED) is 0.130. The van der Waals surface area contributed by atoms with E-state index in [1.54, 1.807) is 0 Å². The molecule has 54 heavy (non-hydrogen) atoms. The number of benzene rings is 7. The number of aryl methyl sites for hydroxylation is 2. The van der Waals surface area contributed by atoms with Gasteiger partial charge >= 0.3 is 0 Å². The van der Waals surface area contributed by atoms with Crippen LogP contribution in [0.5, 0.6) is 23.0 Å². The Morgan fingerprint density at radius 1 is 0.389 bits per heavy atom. The Morgan fingerprint density at radius 2 is 0.796 bits per heavy atom. The van der Waals surface area contributed by atoms with Crippen LogP contribution in [-0.4, -0.2) is 8.07 Å². The van der Waals surface area contributed by atoms with E-state index in [2.05, 4.69) is 200 Å². The van der Waals surface area contributed by atoms with Gasteiger partial charge in [0.1, 0.15) is 31.1 Å². The first-order chi connectivity index (χ1) is 26.0. The van der Waals surface area contributed by atoms with Gasteiger partial charge in [-0.05, 0) is 63.8 Å². The molecule has 2 aliphatic rings. The molecule has 2 heterocycles. The molecule has 0 spiro atoms. The van der Waals surface area contributed by atoms with Crippen molar-refractivity contribution in [3.8, 4) is 45.3 Å². The van der Waals surface area contributed by atoms with Crippen molar-refractivity contribution in [3.05, 3.63) is 185 Å². The molecule has 9 rings (SSSR count). The average Bonchev–Trinajstić information content (AvgIpc) is 3.18. The third-order valence-corrected chi connectivity index (χ3v) is 16.9. The van der Waals surface area contributed by atoms with Crippen molar-refractivity contribution < 1.29 is 9.47 Å². The van der Waals surface area contributed by atoms with Gasteiger partial charge in [-0.25, -0.2) is 0 Å². The van der Waals surface area contributed by atoms with Crippen LogP contribution in [0.2, 0.25) is 6.55 Å². The normalized spacial score (nSPS) is 14.8. The van der Waals surface area contributed by atoms with Gasteiger partial charge in [0, 0.05) is 44.2 Å². The number of rotatable bonds is 5. The van der Waals surface area contributed by atoms with E-state index in [-0.39, 0.29) is 10.8 Å². The zero-order valence-electron chi connectivity index (χ0n) is 32.3. The molecule has 2 aliphatic heterocycles. The molecule has 0 aliphatic carbocycles. The average molecular weight is 719 g/mol. The molecule has 0 unspecified atom stereocenters. The minimum absolute atomic E-state index is 0.186. The van der Waals surface area contributed by atoms with E-state index in [4.69, 9.17) is 9.47 Å². The number of hydrogen-bond donors (Lipinski definition) is 0. The predicted molar refractivity (Wildman–Crippen MR) is 227 cm³/mol. The van der Waals surface area contributed by atoms with Crippen LogP contribution in [0.4, 0.5) is 0 Å². The molecule has 0 atom stereocenters. The Bertz CT molecular complexity index is 2440. The highest BCUT2D eigenvalue weighted by Gasteiger charge is 2.39. The number of fused-ring (bicyclic) bond motifs is 4. The molecule has 0 radical (unpaired) electrons. The molecule has 266 valence electrons. The lowest BCUT2D eigenvalue weighted by molar-refractivity contribution is 0.419. The van der Waals surface area contributed by atoms with Gasteiger partial charge < -0.3 is 9.47 Å². The minimum atomic E-state index is -2.58. The molecule has 2 nitrogen and oxygen atoms in total. The van der Waals surface area contributed by atoms with Crippen molar-refractivity contribution in [3.63, 3.8) is 0 Å². The molecular formula is C51H46O2Si. The van der Waals surface area contributed by atoms with Crippen LogP contribution in [-0.2, 0) is 10.8 Å². The second-order valence-electron chi connectivity index (χ2n) is 16.4. The highest BCUT2D eigenvalue weighted by Crippen LogP contribution is 2.53. The monoisotopic (exact) mass is 718 g/mol. The summed E-state index contributed by atoms with van der Waals surface area (Å²) in [5, 5.41) is 4.09. The second-order valence-corrected chi connectivity index (χ2v) is 20.3. The van der Waals surface area contributed by atoms with Gasteiger partial charge in [-0.1, -0.05) is 174 Å². The van der Waals surface area contributed by atoms with Crippen LogP contribution >= 0.6 is 0 Å². The van der Waals surface area contributed by atoms with E-state index in [0.717, 1.165) is 34.1 Å². The Morgan fingerprint density at radius 3 is 1.26 bits per heavy atom. The Balaban J connectivity index is 1.22. The van der Waals surface area contributed by atoms with Gasteiger partial charge in [-0.15, -0.1) is 0 Å². The molecule has 3 heteroatoms. The maximum Gasteiger partial charge on any atom is 0.145 e. The third-order valence-electron chi connectivity index (χ3n) is 12.5. The zero-order chi connectivity index (χ0) is 37.4. The summed E-state index contributed by atoms with van der Waals surface area (Å²) in [5.74, 6) is 3.79. The molecule has 0 saturated carbocycles. The second kappa shape index (κ2) is 12.5. The predicted octanol–water partition coefficient (Wildman–Crippen LogP) is 11.6. The topological polar surface area (TPSA) is 18.5 Å². The van der Waals surface area contributed by atoms with Crippen LogP contribution in [0, 0.1) is 13.8 Å². The summed E-state index contributed by atoms with van der Waals surface area (Å²) in [4.78, 5) is 0. The molecule has 0 saturated heterocycles. The first-order valence-corrected chi connectivity index (χ1v) is 21.6. The molecular weight excluding hydrogens is 673 g/mol. The lowest BCUT2D eigenvalue weighted by atomic mass is 9.74. The van der Waals surface area contributed by atoms with Crippen LogP contribution < -0.4 is 25.0 Å². The molecule has 0 bridgehead atoms. The van der Waals surface area contributed by atoms with Gasteiger partial charge in [0.15, 0.2) is 0 Å². The highest BCUT2D eigenvalue weighted by atomic mass is 28.3. The Labute approximate surface area is 321 Å². The molecule has 7 aromatic rings. The first-order valence-electron chi connectivity index (χ1n) is 19.1. The molecule has 0 N–H and O–H groups in total. The fraction of sp³-hybridized carbons (Fsp3) is 0.176. The summed E-state index contributed by atoms with van der Waals surface area (Å²) in [5.41, 5.74) is 11.7. The van der Waals surface area contributed by atoms with Crippen molar-refractivity contribution in [1.29, 1.82) is 0 Å². The van der Waals surface area contributed by atoms with Gasteiger partial charge in [0.25, 0.3) is 0 Å². The lowest BCUT2D eigenvalue weighted by Gasteiger charge is -2.36. The summed E-state index contributed by atoms with van der Waals surface area (Å²) in [6, 6.07) is 55.7. The maximum absolute atomic E-state index is 6.81. The van der Waals surface area contributed by atoms with Gasteiger partial charge in [-0.2, -0.15) is 0 Å². The van der Waals surface area contributed by atoms with Crippen LogP contribution in [0.1, 0.15) is 61.1 Å². The van der Waals surface area contributed by atoms with Crippen molar-refractivity contribution in [1.82, 2.24) is 0 Å². The summed E-state index contributed by atoms with van der Waals surface area (Å²) in [6.07, 6.45) is 0. The third kappa shape index (κ3) is 5.13. The van der Waals surface area contributed by atoms with Crippen molar-refractivity contribution in [2.75, 3.05) is 0 Å². The fourth-order valence-electron chi connectivity index (χ4n) is 9.07. The molecule has 0 fully saturated rings. The highest BCUT2D eigenvalue weighted by molar-refractivity contribution is 7.10. The van der Waals surface area contributed by atoms with Crippen LogP contribution in [0.15, 0.2) is 152 Å².